The highest BCUT2D eigenvalue weighted by atomic mass is 19.4. The summed E-state index contributed by atoms with van der Waals surface area (Å²) in [5.41, 5.74) is -0.784. The van der Waals surface area contributed by atoms with Gasteiger partial charge in [-0.05, 0) is 37.1 Å². The number of halogens is 3. The van der Waals surface area contributed by atoms with Gasteiger partial charge in [-0.25, -0.2) is 4.98 Å². The van der Waals surface area contributed by atoms with Crippen molar-refractivity contribution >= 4 is 17.5 Å². The minimum atomic E-state index is -4.56. The molecule has 3 rings (SSSR count). The molecule has 1 aliphatic rings. The summed E-state index contributed by atoms with van der Waals surface area (Å²) < 4.78 is 39.9. The first-order valence-electron chi connectivity index (χ1n) is 9.30. The first-order valence-corrected chi connectivity index (χ1v) is 9.30. The van der Waals surface area contributed by atoms with Crippen LogP contribution in [0.5, 0.6) is 0 Å². The molecule has 154 valence electrons. The van der Waals surface area contributed by atoms with Crippen molar-refractivity contribution < 1.29 is 13.2 Å². The average Bonchev–Trinajstić information content (AvgIpc) is 2.72. The van der Waals surface area contributed by atoms with Gasteiger partial charge in [0.15, 0.2) is 0 Å². The summed E-state index contributed by atoms with van der Waals surface area (Å²) in [5, 5.41) is 9.00. The minimum absolute atomic E-state index is 0.0612. The highest BCUT2D eigenvalue weighted by molar-refractivity contribution is 5.55. The Labute approximate surface area is 168 Å². The molecule has 1 saturated heterocycles. The minimum Gasteiger partial charge on any atom is -0.369 e. The molecule has 0 N–H and O–H groups in total. The van der Waals surface area contributed by atoms with Crippen LogP contribution in [0.2, 0.25) is 0 Å². The van der Waals surface area contributed by atoms with Gasteiger partial charge < -0.3 is 14.7 Å². The number of hydrogen-bond acceptors (Lipinski definition) is 6. The summed E-state index contributed by atoms with van der Waals surface area (Å²) in [6.07, 6.45) is -1.13. The Morgan fingerprint density at radius 3 is 2.62 bits per heavy atom. The second kappa shape index (κ2) is 8.15. The average molecular weight is 404 g/mol. The van der Waals surface area contributed by atoms with Crippen molar-refractivity contribution in [3.63, 3.8) is 0 Å². The van der Waals surface area contributed by atoms with Gasteiger partial charge in [0.25, 0.3) is 0 Å². The number of nitriles is 1. The predicted octanol–water partition coefficient (Wildman–Crippen LogP) is 3.54. The quantitative estimate of drug-likeness (QED) is 0.777. The molecule has 1 unspecified atom stereocenters. The lowest BCUT2D eigenvalue weighted by Crippen LogP contribution is -2.47. The van der Waals surface area contributed by atoms with E-state index in [0.29, 0.717) is 24.7 Å². The second-order valence-electron chi connectivity index (χ2n) is 7.30. The zero-order chi connectivity index (χ0) is 21.2. The Hall–Kier alpha value is -3.02. The van der Waals surface area contributed by atoms with Crippen molar-refractivity contribution in [2.45, 2.75) is 25.1 Å². The van der Waals surface area contributed by atoms with Crippen molar-refractivity contribution in [3.8, 4) is 6.07 Å². The molecule has 0 amide bonds. The molecule has 29 heavy (non-hydrogen) atoms. The molecule has 0 bridgehead atoms. The molecule has 1 fully saturated rings. The summed E-state index contributed by atoms with van der Waals surface area (Å²) in [5.74, 6) is 1.37. The first-order chi connectivity index (χ1) is 13.7. The smallest absolute Gasteiger partial charge is 0.369 e. The highest BCUT2D eigenvalue weighted by Gasteiger charge is 2.35. The zero-order valence-corrected chi connectivity index (χ0v) is 16.6. The molecule has 0 aliphatic carbocycles. The fourth-order valence-corrected chi connectivity index (χ4v) is 3.49. The topological polar surface area (TPSA) is 59.3 Å². The number of benzene rings is 1. The number of anilines is 3. The number of aromatic nitrogens is 2. The maximum Gasteiger partial charge on any atom is 0.417 e. The lowest BCUT2D eigenvalue weighted by molar-refractivity contribution is -0.137. The van der Waals surface area contributed by atoms with Gasteiger partial charge in [0.2, 0.25) is 5.95 Å². The summed E-state index contributed by atoms with van der Waals surface area (Å²) in [4.78, 5) is 14.7. The molecule has 9 heteroatoms. The van der Waals surface area contributed by atoms with E-state index in [0.717, 1.165) is 24.7 Å². The largest absolute Gasteiger partial charge is 0.417 e. The van der Waals surface area contributed by atoms with Crippen LogP contribution in [0.15, 0.2) is 30.5 Å². The number of piperidine rings is 1. The van der Waals surface area contributed by atoms with Crippen molar-refractivity contribution in [1.29, 1.82) is 5.26 Å². The van der Waals surface area contributed by atoms with Crippen molar-refractivity contribution in [1.82, 2.24) is 9.97 Å². The third-order valence-corrected chi connectivity index (χ3v) is 5.14. The van der Waals surface area contributed by atoms with Crippen LogP contribution < -0.4 is 14.7 Å². The zero-order valence-electron chi connectivity index (χ0n) is 16.6. The Morgan fingerprint density at radius 1 is 1.21 bits per heavy atom. The molecule has 0 saturated carbocycles. The maximum absolute atomic E-state index is 13.3. The van der Waals surface area contributed by atoms with E-state index in [1.54, 1.807) is 18.3 Å². The van der Waals surface area contributed by atoms with Gasteiger partial charge in [0.1, 0.15) is 5.82 Å². The Balaban J connectivity index is 1.82. The molecule has 1 aromatic heterocycles. The van der Waals surface area contributed by atoms with E-state index in [4.69, 9.17) is 5.26 Å². The van der Waals surface area contributed by atoms with E-state index in [-0.39, 0.29) is 11.6 Å². The van der Waals surface area contributed by atoms with E-state index in [1.807, 2.05) is 41.9 Å². The summed E-state index contributed by atoms with van der Waals surface area (Å²) in [7, 11) is 5.71. The van der Waals surface area contributed by atoms with Crippen molar-refractivity contribution in [3.05, 3.63) is 41.6 Å². The molecule has 0 spiro atoms. The van der Waals surface area contributed by atoms with E-state index >= 15 is 0 Å². The lowest BCUT2D eigenvalue weighted by Gasteiger charge is -2.39. The fraction of sp³-hybridized carbons (Fsp3) is 0.450. The van der Waals surface area contributed by atoms with Crippen LogP contribution in [0.1, 0.15) is 24.0 Å². The van der Waals surface area contributed by atoms with Crippen LogP contribution >= 0.6 is 0 Å². The standard InChI is InChI=1S/C20H23F3N6/c1-27(2)18-8-9-25-19(26-18)28(3)16-5-4-10-29(13-16)15-7-6-14(12-24)17(11-15)20(21,22)23/h6-9,11,16H,4-5,10,13H2,1-3H3. The molecule has 0 radical (unpaired) electrons. The van der Waals surface area contributed by atoms with Gasteiger partial charge >= 0.3 is 6.18 Å². The molecule has 1 atom stereocenters. The van der Waals surface area contributed by atoms with Crippen molar-refractivity contribution in [2.24, 2.45) is 0 Å². The van der Waals surface area contributed by atoms with Crippen LogP contribution in [0.3, 0.4) is 0 Å². The predicted molar refractivity (Wildman–Crippen MR) is 106 cm³/mol. The molecule has 1 aromatic carbocycles. The number of likely N-dealkylation sites (N-methyl/N-ethyl adjacent to an activating group) is 1. The van der Waals surface area contributed by atoms with E-state index in [9.17, 15) is 13.2 Å². The van der Waals surface area contributed by atoms with Crippen LogP contribution in [0, 0.1) is 11.3 Å². The van der Waals surface area contributed by atoms with Gasteiger partial charge in [-0.2, -0.15) is 23.4 Å². The normalized spacial score (nSPS) is 17.0. The monoisotopic (exact) mass is 404 g/mol. The Bertz CT molecular complexity index is 906. The van der Waals surface area contributed by atoms with Gasteiger partial charge in [0, 0.05) is 52.2 Å². The molecule has 6 nitrogen and oxygen atoms in total. The van der Waals surface area contributed by atoms with Crippen molar-refractivity contribution in [2.75, 3.05) is 48.9 Å². The van der Waals surface area contributed by atoms with Crippen LogP contribution in [-0.2, 0) is 6.18 Å². The summed E-state index contributed by atoms with van der Waals surface area (Å²) >= 11 is 0. The number of alkyl halides is 3. The third kappa shape index (κ3) is 4.53. The Kier molecular flexibility index (Phi) is 5.82. The van der Waals surface area contributed by atoms with Crippen LogP contribution in [0.25, 0.3) is 0 Å². The fourth-order valence-electron chi connectivity index (χ4n) is 3.49. The van der Waals surface area contributed by atoms with Crippen LogP contribution in [0.4, 0.5) is 30.6 Å². The lowest BCUT2D eigenvalue weighted by atomic mass is 10.0. The van der Waals surface area contributed by atoms with E-state index in [2.05, 4.69) is 9.97 Å². The third-order valence-electron chi connectivity index (χ3n) is 5.14. The first kappa shape index (κ1) is 20.7. The highest BCUT2D eigenvalue weighted by Crippen LogP contribution is 2.35. The van der Waals surface area contributed by atoms with E-state index < -0.39 is 11.7 Å². The number of nitrogens with zero attached hydrogens (tertiary/aromatic N) is 6. The molecule has 2 aromatic rings. The second-order valence-corrected chi connectivity index (χ2v) is 7.30. The molecular weight excluding hydrogens is 381 g/mol. The maximum atomic E-state index is 13.3. The summed E-state index contributed by atoms with van der Waals surface area (Å²) in [6.45, 7) is 1.21. The van der Waals surface area contributed by atoms with Gasteiger partial charge in [-0.3, -0.25) is 0 Å². The van der Waals surface area contributed by atoms with Gasteiger partial charge in [-0.1, -0.05) is 0 Å². The van der Waals surface area contributed by atoms with Gasteiger partial charge in [-0.15, -0.1) is 0 Å². The summed E-state index contributed by atoms with van der Waals surface area (Å²) in [6, 6.07) is 7.41. The molecular formula is C20H23F3N6. The SMILES string of the molecule is CN(C)c1ccnc(N(C)C2CCCN(c3ccc(C#N)c(C(F)(F)F)c3)C2)n1. The Morgan fingerprint density at radius 2 is 1.97 bits per heavy atom. The molecule has 2 heterocycles. The van der Waals surface area contributed by atoms with Crippen LogP contribution in [-0.4, -0.2) is 50.2 Å². The number of hydrogen-bond donors (Lipinski definition) is 0. The van der Waals surface area contributed by atoms with Gasteiger partial charge in [0.05, 0.1) is 17.2 Å². The number of rotatable bonds is 4. The van der Waals surface area contributed by atoms with E-state index in [1.165, 1.54) is 6.07 Å². The molecule has 1 aliphatic heterocycles.